The van der Waals surface area contributed by atoms with Gasteiger partial charge in [-0.25, -0.2) is 9.78 Å². The Balaban J connectivity index is 2.25. The van der Waals surface area contributed by atoms with Crippen molar-refractivity contribution in [3.05, 3.63) is 10.6 Å². The topological polar surface area (TPSA) is 60.5 Å². The quantitative estimate of drug-likeness (QED) is 0.559. The lowest BCUT2D eigenvalue weighted by Crippen LogP contribution is -2.07. The van der Waals surface area contributed by atoms with Crippen LogP contribution in [0.3, 0.4) is 0 Å². The normalized spacial score (nSPS) is 10.5. The van der Waals surface area contributed by atoms with Gasteiger partial charge in [0, 0.05) is 24.6 Å². The monoisotopic (exact) mass is 286 g/mol. The van der Waals surface area contributed by atoms with Crippen LogP contribution in [0.5, 0.6) is 0 Å². The van der Waals surface area contributed by atoms with Crippen LogP contribution in [0, 0.1) is 6.92 Å². The Hall–Kier alpha value is -1.14. The van der Waals surface area contributed by atoms with E-state index in [0.29, 0.717) is 5.69 Å². The van der Waals surface area contributed by atoms with Gasteiger partial charge in [0.05, 0.1) is 7.11 Å². The van der Waals surface area contributed by atoms with Gasteiger partial charge in [-0.15, -0.1) is 11.3 Å². The Morgan fingerprint density at radius 3 is 2.79 bits per heavy atom. The third-order valence-corrected chi connectivity index (χ3v) is 3.49. The second-order valence-corrected chi connectivity index (χ2v) is 5.36. The van der Waals surface area contributed by atoms with Crippen LogP contribution in [0.4, 0.5) is 5.13 Å². The smallest absolute Gasteiger partial charge is 0.357 e. The van der Waals surface area contributed by atoms with E-state index in [-0.39, 0.29) is 5.97 Å². The van der Waals surface area contributed by atoms with E-state index in [1.807, 2.05) is 6.92 Å². The molecule has 108 valence electrons. The molecule has 0 saturated heterocycles. The number of nitrogens with zero attached hydrogens (tertiary/aromatic N) is 1. The Morgan fingerprint density at radius 2 is 2.11 bits per heavy atom. The summed E-state index contributed by atoms with van der Waals surface area (Å²) in [5.74, 6) is -0.385. The van der Waals surface area contributed by atoms with E-state index in [1.54, 1.807) is 0 Å². The van der Waals surface area contributed by atoms with Crippen molar-refractivity contribution < 1.29 is 14.3 Å². The standard InChI is InChI=1S/C13H22N2O3S/c1-4-5-8-18-9-6-7-14-13-15-11(10(2)19-13)12(16)17-3/h4-9H2,1-3H3,(H,14,15). The molecule has 5 nitrogen and oxygen atoms in total. The summed E-state index contributed by atoms with van der Waals surface area (Å²) in [6.07, 6.45) is 3.20. The SMILES string of the molecule is CCCCOCCCNc1nc(C(=O)OC)c(C)s1. The molecular formula is C13H22N2O3S. The minimum atomic E-state index is -0.385. The van der Waals surface area contributed by atoms with E-state index in [0.717, 1.165) is 49.0 Å². The van der Waals surface area contributed by atoms with Gasteiger partial charge in [-0.2, -0.15) is 0 Å². The molecule has 0 aliphatic rings. The molecule has 0 aromatic carbocycles. The van der Waals surface area contributed by atoms with Gasteiger partial charge in [0.2, 0.25) is 0 Å². The molecule has 0 amide bonds. The fraction of sp³-hybridized carbons (Fsp3) is 0.692. The van der Waals surface area contributed by atoms with Gasteiger partial charge in [0.1, 0.15) is 0 Å². The number of thiazole rings is 1. The summed E-state index contributed by atoms with van der Waals surface area (Å²) in [5.41, 5.74) is 0.397. The number of methoxy groups -OCH3 is 1. The first-order valence-electron chi connectivity index (χ1n) is 6.56. The summed E-state index contributed by atoms with van der Waals surface area (Å²) in [7, 11) is 1.36. The van der Waals surface area contributed by atoms with Crippen LogP contribution >= 0.6 is 11.3 Å². The number of nitrogens with one attached hydrogen (secondary N) is 1. The maximum absolute atomic E-state index is 11.4. The summed E-state index contributed by atoms with van der Waals surface area (Å²) in [6, 6.07) is 0. The molecular weight excluding hydrogens is 264 g/mol. The summed E-state index contributed by atoms with van der Waals surface area (Å²) < 4.78 is 10.1. The van der Waals surface area contributed by atoms with Gasteiger partial charge >= 0.3 is 5.97 Å². The Kier molecular flexibility index (Phi) is 7.43. The van der Waals surface area contributed by atoms with E-state index in [4.69, 9.17) is 4.74 Å². The second kappa shape index (κ2) is 8.87. The number of carbonyl (C=O) groups excluding carboxylic acids is 1. The lowest BCUT2D eigenvalue weighted by Gasteiger charge is -2.04. The second-order valence-electron chi connectivity index (χ2n) is 4.16. The van der Waals surface area contributed by atoms with Crippen molar-refractivity contribution in [1.82, 2.24) is 4.98 Å². The molecule has 0 bridgehead atoms. The Morgan fingerprint density at radius 1 is 1.37 bits per heavy atom. The lowest BCUT2D eigenvalue weighted by atomic mass is 10.4. The molecule has 1 aromatic rings. The molecule has 1 rings (SSSR count). The zero-order valence-corrected chi connectivity index (χ0v) is 12.6. The molecule has 0 unspecified atom stereocenters. The first kappa shape index (κ1) is 15.9. The first-order chi connectivity index (χ1) is 9.19. The summed E-state index contributed by atoms with van der Waals surface area (Å²) in [5, 5.41) is 3.95. The third-order valence-electron chi connectivity index (χ3n) is 2.56. The molecule has 1 aromatic heterocycles. The van der Waals surface area contributed by atoms with Gasteiger partial charge in [-0.1, -0.05) is 13.3 Å². The molecule has 0 atom stereocenters. The Bertz CT molecular complexity index is 393. The van der Waals surface area contributed by atoms with Crippen LogP contribution in [-0.4, -0.2) is 37.8 Å². The van der Waals surface area contributed by atoms with Crippen molar-refractivity contribution in [1.29, 1.82) is 0 Å². The average molecular weight is 286 g/mol. The fourth-order valence-electron chi connectivity index (χ4n) is 1.48. The molecule has 0 aliphatic heterocycles. The van der Waals surface area contributed by atoms with Gasteiger partial charge in [-0.05, 0) is 19.8 Å². The highest BCUT2D eigenvalue weighted by molar-refractivity contribution is 7.15. The highest BCUT2D eigenvalue weighted by Gasteiger charge is 2.15. The summed E-state index contributed by atoms with van der Waals surface area (Å²) in [6.45, 7) is 6.39. The van der Waals surface area contributed by atoms with Crippen molar-refractivity contribution in [2.75, 3.05) is 32.2 Å². The van der Waals surface area contributed by atoms with Gasteiger partial charge < -0.3 is 14.8 Å². The predicted octanol–water partition coefficient (Wildman–Crippen LogP) is 2.86. The molecule has 1 heterocycles. The summed E-state index contributed by atoms with van der Waals surface area (Å²) in [4.78, 5) is 16.5. The molecule has 0 radical (unpaired) electrons. The molecule has 0 aliphatic carbocycles. The zero-order valence-electron chi connectivity index (χ0n) is 11.8. The maximum atomic E-state index is 11.4. The zero-order chi connectivity index (χ0) is 14.1. The molecule has 0 spiro atoms. The van der Waals surface area contributed by atoms with Crippen LogP contribution in [0.25, 0.3) is 0 Å². The van der Waals surface area contributed by atoms with E-state index < -0.39 is 0 Å². The number of hydrogen-bond acceptors (Lipinski definition) is 6. The minimum Gasteiger partial charge on any atom is -0.464 e. The first-order valence-corrected chi connectivity index (χ1v) is 7.38. The molecule has 1 N–H and O–H groups in total. The number of esters is 1. The largest absolute Gasteiger partial charge is 0.464 e. The number of ether oxygens (including phenoxy) is 2. The Labute approximate surface area is 118 Å². The molecule has 0 fully saturated rings. The number of aryl methyl sites for hydroxylation is 1. The van der Waals surface area contributed by atoms with Crippen molar-refractivity contribution >= 4 is 22.4 Å². The van der Waals surface area contributed by atoms with Crippen LogP contribution in [0.2, 0.25) is 0 Å². The van der Waals surface area contributed by atoms with Gasteiger partial charge in [0.15, 0.2) is 10.8 Å². The lowest BCUT2D eigenvalue weighted by molar-refractivity contribution is 0.0594. The predicted molar refractivity (Wildman–Crippen MR) is 77.0 cm³/mol. The number of anilines is 1. The number of aromatic nitrogens is 1. The van der Waals surface area contributed by atoms with Crippen LogP contribution in [-0.2, 0) is 9.47 Å². The van der Waals surface area contributed by atoms with E-state index in [9.17, 15) is 4.79 Å². The fourth-order valence-corrected chi connectivity index (χ4v) is 2.30. The molecule has 0 saturated carbocycles. The number of rotatable bonds is 9. The number of carbonyl (C=O) groups is 1. The average Bonchev–Trinajstić information content (AvgIpc) is 2.78. The van der Waals surface area contributed by atoms with Gasteiger partial charge in [-0.3, -0.25) is 0 Å². The van der Waals surface area contributed by atoms with Crippen molar-refractivity contribution in [3.63, 3.8) is 0 Å². The van der Waals surface area contributed by atoms with Crippen LogP contribution in [0.1, 0.15) is 41.6 Å². The van der Waals surface area contributed by atoms with Crippen LogP contribution < -0.4 is 5.32 Å². The maximum Gasteiger partial charge on any atom is 0.357 e. The minimum absolute atomic E-state index is 0.385. The third kappa shape index (κ3) is 5.57. The van der Waals surface area contributed by atoms with E-state index >= 15 is 0 Å². The van der Waals surface area contributed by atoms with Crippen molar-refractivity contribution in [2.45, 2.75) is 33.1 Å². The molecule has 19 heavy (non-hydrogen) atoms. The van der Waals surface area contributed by atoms with E-state index in [2.05, 4.69) is 22.0 Å². The highest BCUT2D eigenvalue weighted by atomic mass is 32.1. The van der Waals surface area contributed by atoms with Gasteiger partial charge in [0.25, 0.3) is 0 Å². The summed E-state index contributed by atoms with van der Waals surface area (Å²) >= 11 is 1.47. The number of hydrogen-bond donors (Lipinski definition) is 1. The van der Waals surface area contributed by atoms with Crippen molar-refractivity contribution in [2.24, 2.45) is 0 Å². The highest BCUT2D eigenvalue weighted by Crippen LogP contribution is 2.22. The van der Waals surface area contributed by atoms with E-state index in [1.165, 1.54) is 18.4 Å². The number of unbranched alkanes of at least 4 members (excludes halogenated alkanes) is 1. The van der Waals surface area contributed by atoms with Crippen molar-refractivity contribution in [3.8, 4) is 0 Å². The molecule has 6 heteroatoms. The van der Waals surface area contributed by atoms with Crippen LogP contribution in [0.15, 0.2) is 0 Å².